The van der Waals surface area contributed by atoms with Gasteiger partial charge in [-0.05, 0) is 22.6 Å². The Morgan fingerprint density at radius 1 is 1.20 bits per heavy atom. The van der Waals surface area contributed by atoms with Crippen molar-refractivity contribution < 1.29 is 19.1 Å². The number of carboxylic acids is 1. The summed E-state index contributed by atoms with van der Waals surface area (Å²) >= 11 is 0. The van der Waals surface area contributed by atoms with Gasteiger partial charge in [-0.15, -0.1) is 0 Å². The highest BCUT2D eigenvalue weighted by molar-refractivity contribution is 5.94. The summed E-state index contributed by atoms with van der Waals surface area (Å²) in [6, 6.07) is 7.78. The maximum absolute atomic E-state index is 13.2. The van der Waals surface area contributed by atoms with E-state index in [0.717, 1.165) is 17.8 Å². The van der Waals surface area contributed by atoms with Crippen LogP contribution in [0.4, 0.5) is 4.39 Å². The van der Waals surface area contributed by atoms with Gasteiger partial charge < -0.3 is 10.4 Å². The molecule has 0 saturated heterocycles. The molecule has 0 radical (unpaired) electrons. The Kier molecular flexibility index (Phi) is 5.51. The van der Waals surface area contributed by atoms with Crippen LogP contribution in [0.1, 0.15) is 54.7 Å². The summed E-state index contributed by atoms with van der Waals surface area (Å²) < 4.78 is 13.2. The van der Waals surface area contributed by atoms with Crippen molar-refractivity contribution in [1.29, 1.82) is 0 Å². The number of nitrogens with one attached hydrogen (secondary N) is 1. The minimum atomic E-state index is -1.04. The summed E-state index contributed by atoms with van der Waals surface area (Å²) in [7, 11) is 0. The summed E-state index contributed by atoms with van der Waals surface area (Å²) in [5, 5.41) is 11.8. The number of carbonyl (C=O) groups is 2. The summed E-state index contributed by atoms with van der Waals surface area (Å²) in [6.45, 7) is 6.24. The number of carbonyl (C=O) groups excluding carboxylic acids is 1. The molecule has 25 heavy (non-hydrogen) atoms. The second-order valence-corrected chi connectivity index (χ2v) is 6.89. The zero-order valence-electron chi connectivity index (χ0n) is 14.4. The van der Waals surface area contributed by atoms with E-state index < -0.39 is 23.7 Å². The molecule has 0 bridgehead atoms. The van der Waals surface area contributed by atoms with Crippen molar-refractivity contribution in [3.63, 3.8) is 0 Å². The summed E-state index contributed by atoms with van der Waals surface area (Å²) in [5.74, 6) is -2.24. The van der Waals surface area contributed by atoms with Crippen LogP contribution in [0.3, 0.4) is 0 Å². The first kappa shape index (κ1) is 18.6. The Labute approximate surface area is 145 Å². The smallest absolute Gasteiger partial charge is 0.305 e. The van der Waals surface area contributed by atoms with Crippen molar-refractivity contribution in [2.75, 3.05) is 0 Å². The van der Waals surface area contributed by atoms with Crippen LogP contribution in [0.2, 0.25) is 0 Å². The van der Waals surface area contributed by atoms with Crippen LogP contribution in [0, 0.1) is 5.82 Å². The molecule has 1 aromatic heterocycles. The lowest BCUT2D eigenvalue weighted by Gasteiger charge is -2.22. The number of aromatic nitrogens is 1. The summed E-state index contributed by atoms with van der Waals surface area (Å²) in [4.78, 5) is 27.1. The van der Waals surface area contributed by atoms with Crippen LogP contribution >= 0.6 is 0 Å². The Hall–Kier alpha value is -2.76. The van der Waals surface area contributed by atoms with Gasteiger partial charge in [0.2, 0.25) is 0 Å². The largest absolute Gasteiger partial charge is 0.481 e. The molecular weight excluding hydrogens is 323 g/mol. The van der Waals surface area contributed by atoms with Crippen molar-refractivity contribution in [2.45, 2.75) is 38.6 Å². The molecule has 0 spiro atoms. The lowest BCUT2D eigenvalue weighted by atomic mass is 9.86. The van der Waals surface area contributed by atoms with Gasteiger partial charge in [-0.3, -0.25) is 14.6 Å². The number of pyridine rings is 1. The van der Waals surface area contributed by atoms with Crippen molar-refractivity contribution in [2.24, 2.45) is 0 Å². The van der Waals surface area contributed by atoms with Crippen LogP contribution in [0.15, 0.2) is 42.7 Å². The predicted octanol–water partition coefficient (Wildman–Crippen LogP) is 3.46. The number of benzene rings is 1. The third kappa shape index (κ3) is 5.11. The third-order valence-electron chi connectivity index (χ3n) is 3.83. The zero-order valence-corrected chi connectivity index (χ0v) is 14.4. The molecular formula is C19H21FN2O3. The molecule has 2 N–H and O–H groups in total. The van der Waals surface area contributed by atoms with Gasteiger partial charge in [-0.1, -0.05) is 45.0 Å². The van der Waals surface area contributed by atoms with Crippen LogP contribution in [0.5, 0.6) is 0 Å². The van der Waals surface area contributed by atoms with Gasteiger partial charge >= 0.3 is 5.97 Å². The first-order valence-electron chi connectivity index (χ1n) is 7.90. The fourth-order valence-corrected chi connectivity index (χ4v) is 2.42. The fraction of sp³-hybridized carbons (Fsp3) is 0.316. The second-order valence-electron chi connectivity index (χ2n) is 6.89. The topological polar surface area (TPSA) is 79.3 Å². The Bertz CT molecular complexity index is 767. The summed E-state index contributed by atoms with van der Waals surface area (Å²) in [6.07, 6.45) is 1.96. The van der Waals surface area contributed by atoms with Gasteiger partial charge in [-0.25, -0.2) is 4.39 Å². The Morgan fingerprint density at radius 3 is 2.36 bits per heavy atom. The molecule has 6 heteroatoms. The highest BCUT2D eigenvalue weighted by atomic mass is 19.1. The van der Waals surface area contributed by atoms with Crippen LogP contribution in [-0.4, -0.2) is 22.0 Å². The third-order valence-corrected chi connectivity index (χ3v) is 3.83. The van der Waals surface area contributed by atoms with Crippen LogP contribution in [-0.2, 0) is 10.2 Å². The molecule has 1 aromatic carbocycles. The van der Waals surface area contributed by atoms with E-state index in [2.05, 4.69) is 31.1 Å². The average Bonchev–Trinajstić information content (AvgIpc) is 2.53. The first-order chi connectivity index (χ1) is 11.7. The summed E-state index contributed by atoms with van der Waals surface area (Å²) in [5.41, 5.74) is 1.79. The number of amides is 1. The molecule has 1 heterocycles. The van der Waals surface area contributed by atoms with E-state index in [4.69, 9.17) is 5.11 Å². The second kappa shape index (κ2) is 7.42. The minimum absolute atomic E-state index is 0.0304. The van der Waals surface area contributed by atoms with Crippen LogP contribution < -0.4 is 5.32 Å². The average molecular weight is 344 g/mol. The number of rotatable bonds is 5. The number of hydrogen-bond donors (Lipinski definition) is 2. The molecule has 0 aliphatic rings. The maximum Gasteiger partial charge on any atom is 0.305 e. The molecule has 0 aliphatic carbocycles. The molecule has 0 saturated carbocycles. The van der Waals surface area contributed by atoms with E-state index >= 15 is 0 Å². The van der Waals surface area contributed by atoms with Crippen molar-refractivity contribution in [1.82, 2.24) is 10.3 Å². The molecule has 1 atom stereocenters. The lowest BCUT2D eigenvalue weighted by molar-refractivity contribution is -0.137. The van der Waals surface area contributed by atoms with Crippen molar-refractivity contribution >= 4 is 11.9 Å². The lowest BCUT2D eigenvalue weighted by Crippen LogP contribution is -2.30. The van der Waals surface area contributed by atoms with Gasteiger partial charge in [0.25, 0.3) is 5.91 Å². The van der Waals surface area contributed by atoms with E-state index in [-0.39, 0.29) is 17.4 Å². The van der Waals surface area contributed by atoms with Gasteiger partial charge in [0, 0.05) is 6.20 Å². The maximum atomic E-state index is 13.2. The number of aliphatic carboxylic acids is 1. The number of carboxylic acid groups (broad SMARTS) is 1. The van der Waals surface area contributed by atoms with E-state index in [1.807, 2.05) is 12.1 Å². The van der Waals surface area contributed by atoms with Crippen LogP contribution in [0.25, 0.3) is 0 Å². The van der Waals surface area contributed by atoms with E-state index in [0.29, 0.717) is 5.56 Å². The van der Waals surface area contributed by atoms with Crippen molar-refractivity contribution in [3.8, 4) is 0 Å². The Morgan fingerprint density at radius 2 is 1.84 bits per heavy atom. The normalized spacial score (nSPS) is 12.5. The standard InChI is InChI=1S/C19H21FN2O3/c1-19(2,3)14-6-4-12(5-7-14)16(9-17(23)24)22-18(25)13-8-15(20)11-21-10-13/h4-8,10-11,16H,9H2,1-3H3,(H,22,25)(H,23,24). The van der Waals surface area contributed by atoms with E-state index in [9.17, 15) is 14.0 Å². The molecule has 1 amide bonds. The predicted molar refractivity (Wildman–Crippen MR) is 91.8 cm³/mol. The van der Waals surface area contributed by atoms with Gasteiger partial charge in [0.15, 0.2) is 0 Å². The van der Waals surface area contributed by atoms with Gasteiger partial charge in [0.1, 0.15) is 5.82 Å². The molecule has 1 unspecified atom stereocenters. The number of hydrogen-bond acceptors (Lipinski definition) is 3. The molecule has 2 rings (SSSR count). The van der Waals surface area contributed by atoms with E-state index in [1.165, 1.54) is 6.20 Å². The zero-order chi connectivity index (χ0) is 18.6. The quantitative estimate of drug-likeness (QED) is 0.870. The minimum Gasteiger partial charge on any atom is -0.481 e. The SMILES string of the molecule is CC(C)(C)c1ccc(C(CC(=O)O)NC(=O)c2cncc(F)c2)cc1. The monoisotopic (exact) mass is 344 g/mol. The Balaban J connectivity index is 2.24. The number of halogens is 1. The van der Waals surface area contributed by atoms with Gasteiger partial charge in [-0.2, -0.15) is 0 Å². The highest BCUT2D eigenvalue weighted by Gasteiger charge is 2.20. The number of nitrogens with zero attached hydrogens (tertiary/aromatic N) is 1. The molecule has 2 aromatic rings. The van der Waals surface area contributed by atoms with E-state index in [1.54, 1.807) is 12.1 Å². The van der Waals surface area contributed by atoms with Gasteiger partial charge in [0.05, 0.1) is 24.2 Å². The van der Waals surface area contributed by atoms with Crippen molar-refractivity contribution in [3.05, 3.63) is 65.2 Å². The molecule has 132 valence electrons. The molecule has 0 fully saturated rings. The fourth-order valence-electron chi connectivity index (χ4n) is 2.42. The first-order valence-corrected chi connectivity index (χ1v) is 7.90. The molecule has 0 aliphatic heterocycles. The molecule has 5 nitrogen and oxygen atoms in total. The highest BCUT2D eigenvalue weighted by Crippen LogP contribution is 2.25.